The van der Waals surface area contributed by atoms with Crippen LogP contribution in [0.3, 0.4) is 0 Å². The Kier molecular flexibility index (Phi) is 3.54. The van der Waals surface area contributed by atoms with Crippen molar-refractivity contribution in [3.8, 4) is 5.75 Å². The van der Waals surface area contributed by atoms with Crippen LogP contribution in [-0.2, 0) is 6.61 Å². The minimum Gasteiger partial charge on any atom is -0.487 e. The number of H-pyrrole nitrogens is 1. The Morgan fingerprint density at radius 3 is 2.81 bits per heavy atom. The highest BCUT2D eigenvalue weighted by Gasteiger charge is 2.07. The fourth-order valence-electron chi connectivity index (χ4n) is 2.12. The number of hydrogen-bond donors (Lipinski definition) is 2. The van der Waals surface area contributed by atoms with E-state index in [0.717, 1.165) is 16.6 Å². The summed E-state index contributed by atoms with van der Waals surface area (Å²) in [5.74, 6) is -0.254. The normalized spacial score (nSPS) is 10.7. The van der Waals surface area contributed by atoms with Crippen molar-refractivity contribution in [2.75, 3.05) is 0 Å². The molecule has 3 rings (SSSR count). The summed E-state index contributed by atoms with van der Waals surface area (Å²) in [7, 11) is 0. The first-order valence-electron chi connectivity index (χ1n) is 6.35. The molecule has 0 bridgehead atoms. The molecule has 0 saturated heterocycles. The quantitative estimate of drug-likeness (QED) is 0.762. The van der Waals surface area contributed by atoms with E-state index in [9.17, 15) is 4.79 Å². The maximum Gasteiger partial charge on any atom is 0.335 e. The van der Waals surface area contributed by atoms with Crippen molar-refractivity contribution in [2.24, 2.45) is 0 Å². The highest BCUT2D eigenvalue weighted by molar-refractivity contribution is 6.30. The van der Waals surface area contributed by atoms with Gasteiger partial charge in [0.25, 0.3) is 0 Å². The number of nitrogens with one attached hydrogen (secondary N) is 1. The van der Waals surface area contributed by atoms with Gasteiger partial charge in [0.15, 0.2) is 0 Å². The summed E-state index contributed by atoms with van der Waals surface area (Å²) in [6.07, 6.45) is 0. The fourth-order valence-corrected chi connectivity index (χ4v) is 2.30. The van der Waals surface area contributed by atoms with E-state index in [-0.39, 0.29) is 5.56 Å². The summed E-state index contributed by atoms with van der Waals surface area (Å²) < 4.78 is 5.65. The molecule has 2 aromatic carbocycles. The van der Waals surface area contributed by atoms with E-state index in [1.54, 1.807) is 30.3 Å². The molecule has 0 aliphatic heterocycles. The lowest BCUT2D eigenvalue weighted by Crippen LogP contribution is -1.95. The molecule has 2 N–H and O–H groups in total. The molecule has 3 aromatic rings. The second kappa shape index (κ2) is 5.50. The van der Waals surface area contributed by atoms with Gasteiger partial charge >= 0.3 is 5.97 Å². The number of aromatic amines is 1. The van der Waals surface area contributed by atoms with Crippen molar-refractivity contribution in [1.29, 1.82) is 0 Å². The average Bonchev–Trinajstić information content (AvgIpc) is 2.87. The minimum atomic E-state index is -0.941. The number of carboxylic acids is 1. The number of carbonyl (C=O) groups is 1. The monoisotopic (exact) mass is 301 g/mol. The summed E-state index contributed by atoms with van der Waals surface area (Å²) in [5, 5.41) is 10.5. The van der Waals surface area contributed by atoms with Crippen molar-refractivity contribution in [1.82, 2.24) is 4.98 Å². The summed E-state index contributed by atoms with van der Waals surface area (Å²) in [6.45, 7) is 0.359. The number of ether oxygens (including phenoxy) is 1. The average molecular weight is 302 g/mol. The first-order chi connectivity index (χ1) is 10.1. The van der Waals surface area contributed by atoms with E-state index in [4.69, 9.17) is 21.4 Å². The zero-order valence-corrected chi connectivity index (χ0v) is 11.7. The molecule has 0 amide bonds. The Morgan fingerprint density at radius 1 is 1.19 bits per heavy atom. The molecule has 5 heteroatoms. The lowest BCUT2D eigenvalue weighted by Gasteiger charge is -2.04. The van der Waals surface area contributed by atoms with Crippen molar-refractivity contribution < 1.29 is 14.6 Å². The third kappa shape index (κ3) is 3.01. The van der Waals surface area contributed by atoms with Crippen LogP contribution in [0.1, 0.15) is 16.1 Å². The molecule has 1 heterocycles. The smallest absolute Gasteiger partial charge is 0.335 e. The highest BCUT2D eigenvalue weighted by Crippen LogP contribution is 2.21. The molecule has 0 fully saturated rings. The molecular formula is C16H12ClNO3. The number of carboxylic acid groups (broad SMARTS) is 1. The molecule has 0 spiro atoms. The SMILES string of the molecule is O=C(O)c1ccc2cc(COc3cccc(Cl)c3)[nH]c2c1. The van der Waals surface area contributed by atoms with Gasteiger partial charge in [0.05, 0.1) is 11.3 Å². The maximum absolute atomic E-state index is 10.9. The largest absolute Gasteiger partial charge is 0.487 e. The van der Waals surface area contributed by atoms with Gasteiger partial charge in [-0.15, -0.1) is 0 Å². The summed E-state index contributed by atoms with van der Waals surface area (Å²) in [6, 6.07) is 14.1. The number of benzene rings is 2. The number of hydrogen-bond acceptors (Lipinski definition) is 2. The van der Waals surface area contributed by atoms with Crippen LogP contribution in [0.2, 0.25) is 5.02 Å². The van der Waals surface area contributed by atoms with Crippen LogP contribution in [0.4, 0.5) is 0 Å². The molecule has 21 heavy (non-hydrogen) atoms. The number of fused-ring (bicyclic) bond motifs is 1. The van der Waals surface area contributed by atoms with E-state index in [0.29, 0.717) is 17.4 Å². The third-order valence-electron chi connectivity index (χ3n) is 3.12. The van der Waals surface area contributed by atoms with Gasteiger partial charge in [-0.3, -0.25) is 0 Å². The third-order valence-corrected chi connectivity index (χ3v) is 3.35. The minimum absolute atomic E-state index is 0.256. The summed E-state index contributed by atoms with van der Waals surface area (Å²) >= 11 is 5.89. The maximum atomic E-state index is 10.9. The fraction of sp³-hybridized carbons (Fsp3) is 0.0625. The van der Waals surface area contributed by atoms with Gasteiger partial charge in [-0.05, 0) is 41.8 Å². The molecule has 0 saturated carbocycles. The Balaban J connectivity index is 1.80. The van der Waals surface area contributed by atoms with Gasteiger partial charge in [-0.1, -0.05) is 23.7 Å². The molecular weight excluding hydrogens is 290 g/mol. The molecule has 106 valence electrons. The van der Waals surface area contributed by atoms with E-state index in [1.807, 2.05) is 18.2 Å². The van der Waals surface area contributed by atoms with E-state index < -0.39 is 5.97 Å². The Bertz CT molecular complexity index is 810. The van der Waals surface area contributed by atoms with Crippen LogP contribution in [0, 0.1) is 0 Å². The second-order valence-electron chi connectivity index (χ2n) is 4.65. The van der Waals surface area contributed by atoms with E-state index in [2.05, 4.69) is 4.98 Å². The van der Waals surface area contributed by atoms with Crippen LogP contribution >= 0.6 is 11.6 Å². The molecule has 1 aromatic heterocycles. The number of halogens is 1. The molecule has 0 unspecified atom stereocenters. The Labute approximate surface area is 125 Å². The van der Waals surface area contributed by atoms with Crippen molar-refractivity contribution in [2.45, 2.75) is 6.61 Å². The van der Waals surface area contributed by atoms with Crippen molar-refractivity contribution in [3.05, 3.63) is 64.8 Å². The first-order valence-corrected chi connectivity index (χ1v) is 6.73. The topological polar surface area (TPSA) is 62.3 Å². The van der Waals surface area contributed by atoms with Crippen LogP contribution in [0.15, 0.2) is 48.5 Å². The van der Waals surface area contributed by atoms with Crippen LogP contribution in [0.25, 0.3) is 10.9 Å². The van der Waals surface area contributed by atoms with Gasteiger partial charge in [-0.25, -0.2) is 4.79 Å². The first kappa shape index (κ1) is 13.5. The molecule has 0 radical (unpaired) electrons. The van der Waals surface area contributed by atoms with Crippen LogP contribution < -0.4 is 4.74 Å². The van der Waals surface area contributed by atoms with Gasteiger partial charge in [0.1, 0.15) is 12.4 Å². The molecule has 0 aliphatic carbocycles. The van der Waals surface area contributed by atoms with Gasteiger partial charge in [-0.2, -0.15) is 0 Å². The zero-order chi connectivity index (χ0) is 14.8. The van der Waals surface area contributed by atoms with E-state index in [1.165, 1.54) is 0 Å². The number of rotatable bonds is 4. The molecule has 0 atom stereocenters. The van der Waals surface area contributed by atoms with Gasteiger partial charge in [0.2, 0.25) is 0 Å². The number of aromatic carboxylic acids is 1. The lowest BCUT2D eigenvalue weighted by atomic mass is 10.2. The second-order valence-corrected chi connectivity index (χ2v) is 5.08. The zero-order valence-electron chi connectivity index (χ0n) is 11.0. The number of aromatic nitrogens is 1. The molecule has 4 nitrogen and oxygen atoms in total. The van der Waals surface area contributed by atoms with Gasteiger partial charge < -0.3 is 14.8 Å². The summed E-state index contributed by atoms with van der Waals surface area (Å²) in [5.41, 5.74) is 1.90. The van der Waals surface area contributed by atoms with Gasteiger partial charge in [0, 0.05) is 10.5 Å². The highest BCUT2D eigenvalue weighted by atomic mass is 35.5. The standard InChI is InChI=1S/C16H12ClNO3/c17-12-2-1-3-14(8-12)21-9-13-6-10-4-5-11(16(19)20)7-15(10)18-13/h1-8,18H,9H2,(H,19,20). The molecule has 0 aliphatic rings. The van der Waals surface area contributed by atoms with E-state index >= 15 is 0 Å². The van der Waals surface area contributed by atoms with Crippen LogP contribution in [-0.4, -0.2) is 16.1 Å². The Hall–Kier alpha value is -2.46. The van der Waals surface area contributed by atoms with Crippen molar-refractivity contribution >= 4 is 28.5 Å². The Morgan fingerprint density at radius 2 is 2.05 bits per heavy atom. The van der Waals surface area contributed by atoms with Crippen molar-refractivity contribution in [3.63, 3.8) is 0 Å². The predicted molar refractivity (Wildman–Crippen MR) is 81.0 cm³/mol. The van der Waals surface area contributed by atoms with Crippen LogP contribution in [0.5, 0.6) is 5.75 Å². The lowest BCUT2D eigenvalue weighted by molar-refractivity contribution is 0.0697. The predicted octanol–water partition coefficient (Wildman–Crippen LogP) is 4.10. The summed E-state index contributed by atoms with van der Waals surface area (Å²) in [4.78, 5) is 14.1.